The van der Waals surface area contributed by atoms with Gasteiger partial charge in [0.15, 0.2) is 17.2 Å². The van der Waals surface area contributed by atoms with E-state index in [-0.39, 0.29) is 17.5 Å². The number of ketones is 2. The lowest BCUT2D eigenvalue weighted by atomic mass is 9.85. The molecule has 2 saturated carbocycles. The summed E-state index contributed by atoms with van der Waals surface area (Å²) in [6, 6.07) is 0. The third-order valence-electron chi connectivity index (χ3n) is 3.54. The van der Waals surface area contributed by atoms with Crippen molar-refractivity contribution < 1.29 is 14.7 Å². The Morgan fingerprint density at radius 2 is 1.86 bits per heavy atom. The number of fused-ring (bicyclic) bond motifs is 2. The maximum absolute atomic E-state index is 11.9. The number of rotatable bonds is 0. The summed E-state index contributed by atoms with van der Waals surface area (Å²) in [6.07, 6.45) is 4.88. The molecule has 1 N–H and O–H groups in total. The molecule has 0 saturated heterocycles. The zero-order valence-corrected chi connectivity index (χ0v) is 8.29. The van der Waals surface area contributed by atoms with Gasteiger partial charge in [0.2, 0.25) is 0 Å². The van der Waals surface area contributed by atoms with Crippen LogP contribution in [0.2, 0.25) is 0 Å². The molecule has 2 aliphatic carbocycles. The third kappa shape index (κ3) is 1.40. The maximum atomic E-state index is 11.9. The van der Waals surface area contributed by atoms with E-state index in [1.165, 1.54) is 0 Å². The van der Waals surface area contributed by atoms with Gasteiger partial charge in [0, 0.05) is 12.3 Å². The molecule has 2 bridgehead atoms. The van der Waals surface area contributed by atoms with Crippen LogP contribution in [-0.4, -0.2) is 22.3 Å². The Morgan fingerprint density at radius 3 is 2.64 bits per heavy atom. The first-order chi connectivity index (χ1) is 6.64. The molecule has 0 amide bonds. The first-order valence-corrected chi connectivity index (χ1v) is 5.44. The monoisotopic (exact) mass is 196 g/mol. The van der Waals surface area contributed by atoms with Crippen LogP contribution >= 0.6 is 0 Å². The predicted molar refractivity (Wildman–Crippen MR) is 50.8 cm³/mol. The van der Waals surface area contributed by atoms with E-state index in [9.17, 15) is 14.7 Å². The van der Waals surface area contributed by atoms with Crippen LogP contribution in [-0.2, 0) is 9.59 Å². The number of Topliss-reactive ketones (excluding diaryl/α,β-unsaturated/α-hetero) is 2. The summed E-state index contributed by atoms with van der Waals surface area (Å²) < 4.78 is 0. The van der Waals surface area contributed by atoms with Crippen molar-refractivity contribution in [1.29, 1.82) is 0 Å². The van der Waals surface area contributed by atoms with E-state index in [1.54, 1.807) is 0 Å². The maximum Gasteiger partial charge on any atom is 0.181 e. The molecule has 2 rings (SSSR count). The molecule has 0 spiro atoms. The third-order valence-corrected chi connectivity index (χ3v) is 3.54. The van der Waals surface area contributed by atoms with Crippen molar-refractivity contribution in [3.05, 3.63) is 0 Å². The van der Waals surface area contributed by atoms with Crippen LogP contribution in [0.1, 0.15) is 44.9 Å². The molecule has 0 aromatic carbocycles. The van der Waals surface area contributed by atoms with E-state index in [4.69, 9.17) is 0 Å². The summed E-state index contributed by atoms with van der Waals surface area (Å²) >= 11 is 0. The molecule has 0 aromatic heterocycles. The standard InChI is InChI=1S/C11H16O3/c12-9-6-3-5-8-4-1-2-7-11(9,14)10(8)13/h8,14H,1-7H2/t8-,11-/m1/s1. The van der Waals surface area contributed by atoms with Gasteiger partial charge in [-0.1, -0.05) is 6.42 Å². The fraction of sp³-hybridized carbons (Fsp3) is 0.818. The lowest BCUT2D eigenvalue weighted by Gasteiger charge is -2.23. The van der Waals surface area contributed by atoms with Gasteiger partial charge in [0.05, 0.1) is 0 Å². The fourth-order valence-corrected chi connectivity index (χ4v) is 2.63. The van der Waals surface area contributed by atoms with Gasteiger partial charge in [-0.2, -0.15) is 0 Å². The van der Waals surface area contributed by atoms with Crippen LogP contribution in [0, 0.1) is 5.92 Å². The highest BCUT2D eigenvalue weighted by Gasteiger charge is 2.48. The van der Waals surface area contributed by atoms with E-state index in [0.717, 1.165) is 32.1 Å². The second kappa shape index (κ2) is 3.46. The minimum atomic E-state index is -1.61. The summed E-state index contributed by atoms with van der Waals surface area (Å²) in [6.45, 7) is 0. The van der Waals surface area contributed by atoms with Crippen LogP contribution < -0.4 is 0 Å². The molecule has 0 radical (unpaired) electrons. The van der Waals surface area contributed by atoms with Gasteiger partial charge >= 0.3 is 0 Å². The van der Waals surface area contributed by atoms with E-state index < -0.39 is 5.60 Å². The summed E-state index contributed by atoms with van der Waals surface area (Å²) in [5.41, 5.74) is -1.61. The van der Waals surface area contributed by atoms with Gasteiger partial charge in [-0.3, -0.25) is 9.59 Å². The first-order valence-electron chi connectivity index (χ1n) is 5.44. The number of carbonyl (C=O) groups is 2. The number of aliphatic hydroxyl groups is 1. The zero-order valence-electron chi connectivity index (χ0n) is 8.29. The van der Waals surface area contributed by atoms with Gasteiger partial charge in [-0.05, 0) is 32.1 Å². The van der Waals surface area contributed by atoms with Gasteiger partial charge < -0.3 is 5.11 Å². The predicted octanol–water partition coefficient (Wildman–Crippen LogP) is 1.23. The Hall–Kier alpha value is -0.700. The highest BCUT2D eigenvalue weighted by Crippen LogP contribution is 2.35. The molecule has 2 aliphatic rings. The Kier molecular flexibility index (Phi) is 2.43. The zero-order chi connectivity index (χ0) is 10.2. The van der Waals surface area contributed by atoms with Crippen molar-refractivity contribution in [1.82, 2.24) is 0 Å². The first kappa shape index (κ1) is 9.84. The lowest BCUT2D eigenvalue weighted by molar-refractivity contribution is -0.152. The summed E-state index contributed by atoms with van der Waals surface area (Å²) in [4.78, 5) is 23.5. The number of carbonyl (C=O) groups excluding carboxylic acids is 2. The van der Waals surface area contributed by atoms with Crippen molar-refractivity contribution in [3.63, 3.8) is 0 Å². The lowest BCUT2D eigenvalue weighted by Crippen LogP contribution is -2.47. The summed E-state index contributed by atoms with van der Waals surface area (Å²) in [7, 11) is 0. The van der Waals surface area contributed by atoms with E-state index in [1.807, 2.05) is 0 Å². The highest BCUT2D eigenvalue weighted by atomic mass is 16.3. The fourth-order valence-electron chi connectivity index (χ4n) is 2.63. The molecule has 0 unspecified atom stereocenters. The van der Waals surface area contributed by atoms with Crippen LogP contribution in [0.15, 0.2) is 0 Å². The Balaban J connectivity index is 2.35. The van der Waals surface area contributed by atoms with Crippen LogP contribution in [0.5, 0.6) is 0 Å². The quantitative estimate of drug-likeness (QED) is 0.593. The number of hydrogen-bond acceptors (Lipinski definition) is 3. The van der Waals surface area contributed by atoms with E-state index in [2.05, 4.69) is 0 Å². The van der Waals surface area contributed by atoms with Crippen LogP contribution in [0.25, 0.3) is 0 Å². The average molecular weight is 196 g/mol. The Morgan fingerprint density at radius 1 is 1.14 bits per heavy atom. The van der Waals surface area contributed by atoms with Gasteiger partial charge in [0.25, 0.3) is 0 Å². The van der Waals surface area contributed by atoms with Crippen LogP contribution in [0.4, 0.5) is 0 Å². The minimum absolute atomic E-state index is 0.0612. The molecule has 14 heavy (non-hydrogen) atoms. The second-order valence-corrected chi connectivity index (χ2v) is 4.48. The smallest absolute Gasteiger partial charge is 0.181 e. The molecule has 3 nitrogen and oxygen atoms in total. The topological polar surface area (TPSA) is 54.4 Å². The SMILES string of the molecule is O=C1CCC[C@H]2CCCC[C@]1(O)C2=O. The van der Waals surface area contributed by atoms with Gasteiger partial charge in [-0.25, -0.2) is 0 Å². The molecule has 0 heterocycles. The second-order valence-electron chi connectivity index (χ2n) is 4.48. The van der Waals surface area contributed by atoms with Crippen LogP contribution in [0.3, 0.4) is 0 Å². The summed E-state index contributed by atoms with van der Waals surface area (Å²) in [5, 5.41) is 10.1. The molecule has 2 atom stereocenters. The molecule has 78 valence electrons. The minimum Gasteiger partial charge on any atom is -0.375 e. The van der Waals surface area contributed by atoms with Crippen molar-refractivity contribution in [3.8, 4) is 0 Å². The van der Waals surface area contributed by atoms with Crippen molar-refractivity contribution >= 4 is 11.6 Å². The normalized spacial score (nSPS) is 39.1. The van der Waals surface area contributed by atoms with Gasteiger partial charge in [-0.15, -0.1) is 0 Å². The molecular weight excluding hydrogens is 180 g/mol. The van der Waals surface area contributed by atoms with Crippen molar-refractivity contribution in [2.24, 2.45) is 5.92 Å². The van der Waals surface area contributed by atoms with Gasteiger partial charge in [0.1, 0.15) is 0 Å². The molecular formula is C11H16O3. The van der Waals surface area contributed by atoms with Crippen molar-refractivity contribution in [2.75, 3.05) is 0 Å². The number of hydrogen-bond donors (Lipinski definition) is 1. The largest absolute Gasteiger partial charge is 0.375 e. The highest BCUT2D eigenvalue weighted by molar-refractivity contribution is 6.11. The molecule has 0 aromatic rings. The molecule has 2 fully saturated rings. The van der Waals surface area contributed by atoms with E-state index >= 15 is 0 Å². The van der Waals surface area contributed by atoms with Crippen molar-refractivity contribution in [2.45, 2.75) is 50.5 Å². The average Bonchev–Trinajstić information content (AvgIpc) is 2.36. The molecule has 3 heteroatoms. The summed E-state index contributed by atoms with van der Waals surface area (Å²) in [5.74, 6) is -0.502. The Bertz CT molecular complexity index is 272. The van der Waals surface area contributed by atoms with E-state index in [0.29, 0.717) is 12.8 Å². The molecule has 0 aliphatic heterocycles. The Labute approximate surface area is 83.5 Å².